The van der Waals surface area contributed by atoms with Crippen molar-refractivity contribution >= 4 is 16.2 Å². The molecule has 134 valence electrons. The largest absolute Gasteiger partial charge is 0.534 e. The molecule has 0 aromatic heterocycles. The summed E-state index contributed by atoms with van der Waals surface area (Å²) in [4.78, 5) is 13.3. The molecule has 0 saturated heterocycles. The molecule has 0 spiro atoms. The lowest BCUT2D eigenvalue weighted by Gasteiger charge is -2.32. The topological polar surface area (TPSA) is 72.9 Å². The van der Waals surface area contributed by atoms with E-state index in [9.17, 15) is 26.4 Å². The first kappa shape index (κ1) is 19.6. The first-order valence-corrected chi connectivity index (χ1v) is 8.37. The van der Waals surface area contributed by atoms with Crippen molar-refractivity contribution in [3.63, 3.8) is 0 Å². The maximum Gasteiger partial charge on any atom is 0.534 e. The molecule has 23 heavy (non-hydrogen) atoms. The molecule has 0 unspecified atom stereocenters. The molecule has 0 radical (unpaired) electrons. The van der Waals surface area contributed by atoms with Gasteiger partial charge in [-0.05, 0) is 32.8 Å². The van der Waals surface area contributed by atoms with Gasteiger partial charge in [0.05, 0.1) is 0 Å². The van der Waals surface area contributed by atoms with Crippen LogP contribution in [0.25, 0.3) is 0 Å². The van der Waals surface area contributed by atoms with Crippen LogP contribution in [0.2, 0.25) is 0 Å². The first-order valence-electron chi connectivity index (χ1n) is 6.96. The van der Waals surface area contributed by atoms with Gasteiger partial charge in [0, 0.05) is 19.5 Å². The second-order valence-electron chi connectivity index (χ2n) is 6.02. The molecule has 1 heterocycles. The van der Waals surface area contributed by atoms with E-state index in [1.807, 2.05) is 0 Å². The number of alkyl halides is 3. The third-order valence-electron chi connectivity index (χ3n) is 2.96. The molecule has 0 bridgehead atoms. The second-order valence-corrected chi connectivity index (χ2v) is 7.55. The molecule has 6 nitrogen and oxygen atoms in total. The smallest absolute Gasteiger partial charge is 0.444 e. The summed E-state index contributed by atoms with van der Waals surface area (Å²) in [6.45, 7) is 6.69. The summed E-state index contributed by atoms with van der Waals surface area (Å²) >= 11 is 0. The Kier molecular flexibility index (Phi) is 5.61. The minimum absolute atomic E-state index is 0.0150. The predicted molar refractivity (Wildman–Crippen MR) is 75.8 cm³/mol. The Morgan fingerprint density at radius 3 is 2.26 bits per heavy atom. The van der Waals surface area contributed by atoms with Gasteiger partial charge in [0.15, 0.2) is 0 Å². The van der Waals surface area contributed by atoms with Crippen LogP contribution in [0.1, 0.15) is 40.5 Å². The van der Waals surface area contributed by atoms with Crippen LogP contribution in [-0.4, -0.2) is 43.6 Å². The summed E-state index contributed by atoms with van der Waals surface area (Å²) in [5.41, 5.74) is -5.88. The van der Waals surface area contributed by atoms with E-state index in [2.05, 4.69) is 4.18 Å². The molecule has 1 aliphatic rings. The van der Waals surface area contributed by atoms with Crippen LogP contribution in [0.3, 0.4) is 0 Å². The molecular formula is C13H20F3NO5S. The lowest BCUT2D eigenvalue weighted by molar-refractivity contribution is -0.0526. The van der Waals surface area contributed by atoms with Crippen molar-refractivity contribution in [2.45, 2.75) is 51.6 Å². The fourth-order valence-corrected chi connectivity index (χ4v) is 2.44. The van der Waals surface area contributed by atoms with E-state index < -0.39 is 27.3 Å². The van der Waals surface area contributed by atoms with Crippen LogP contribution < -0.4 is 0 Å². The average molecular weight is 359 g/mol. The van der Waals surface area contributed by atoms with Crippen molar-refractivity contribution in [1.29, 1.82) is 0 Å². The van der Waals surface area contributed by atoms with E-state index in [1.54, 1.807) is 27.7 Å². The highest BCUT2D eigenvalue weighted by atomic mass is 32.2. The summed E-state index contributed by atoms with van der Waals surface area (Å²) < 4.78 is 68.8. The van der Waals surface area contributed by atoms with Gasteiger partial charge in [0.1, 0.15) is 11.4 Å². The maximum atomic E-state index is 12.4. The van der Waals surface area contributed by atoms with Gasteiger partial charge in [-0.25, -0.2) is 4.79 Å². The molecule has 0 saturated carbocycles. The number of rotatable bonds is 3. The second kappa shape index (κ2) is 6.58. The van der Waals surface area contributed by atoms with Crippen LogP contribution >= 0.6 is 0 Å². The maximum absolute atomic E-state index is 12.4. The Morgan fingerprint density at radius 1 is 1.26 bits per heavy atom. The lowest BCUT2D eigenvalue weighted by atomic mass is 10.1. The molecule has 1 aliphatic heterocycles. The molecule has 1 rings (SSSR count). The Balaban J connectivity index is 2.91. The van der Waals surface area contributed by atoms with Gasteiger partial charge in [-0.3, -0.25) is 0 Å². The SMILES string of the molecule is CCC1=C(OS(=O)(=O)C(F)(F)F)CCN(C(=O)OC(C)(C)C)C1. The van der Waals surface area contributed by atoms with Crippen LogP contribution in [-0.2, 0) is 19.0 Å². The zero-order valence-corrected chi connectivity index (χ0v) is 14.2. The van der Waals surface area contributed by atoms with Gasteiger partial charge in [-0.2, -0.15) is 21.6 Å². The minimum atomic E-state index is -5.70. The van der Waals surface area contributed by atoms with Crippen molar-refractivity contribution in [3.8, 4) is 0 Å². The quantitative estimate of drug-likeness (QED) is 0.572. The third kappa shape index (κ3) is 5.29. The molecule has 0 aromatic rings. The Labute approximate surface area is 133 Å². The summed E-state index contributed by atoms with van der Waals surface area (Å²) in [5.74, 6) is -0.260. The number of amides is 1. The Morgan fingerprint density at radius 2 is 1.83 bits per heavy atom. The lowest BCUT2D eigenvalue weighted by Crippen LogP contribution is -2.41. The van der Waals surface area contributed by atoms with Gasteiger partial charge in [-0.15, -0.1) is 0 Å². The molecule has 0 N–H and O–H groups in total. The number of carbonyl (C=O) groups is 1. The van der Waals surface area contributed by atoms with Crippen LogP contribution in [0.5, 0.6) is 0 Å². The van der Waals surface area contributed by atoms with Gasteiger partial charge in [-0.1, -0.05) is 6.92 Å². The zero-order chi connectivity index (χ0) is 18.1. The molecule has 0 aromatic carbocycles. The predicted octanol–water partition coefficient (Wildman–Crippen LogP) is 3.16. The van der Waals surface area contributed by atoms with Crippen molar-refractivity contribution in [3.05, 3.63) is 11.3 Å². The van der Waals surface area contributed by atoms with E-state index >= 15 is 0 Å². The summed E-state index contributed by atoms with van der Waals surface area (Å²) in [7, 11) is -5.70. The third-order valence-corrected chi connectivity index (χ3v) is 3.94. The Hall–Kier alpha value is -1.45. The minimum Gasteiger partial charge on any atom is -0.444 e. The fraction of sp³-hybridized carbons (Fsp3) is 0.769. The number of carbonyl (C=O) groups excluding carboxylic acids is 1. The monoisotopic (exact) mass is 359 g/mol. The van der Waals surface area contributed by atoms with Gasteiger partial charge in [0.2, 0.25) is 0 Å². The molecule has 10 heteroatoms. The number of halogens is 3. The van der Waals surface area contributed by atoms with Crippen molar-refractivity contribution in [1.82, 2.24) is 4.90 Å². The van der Waals surface area contributed by atoms with Crippen LogP contribution in [0, 0.1) is 0 Å². The number of hydrogen-bond donors (Lipinski definition) is 0. The van der Waals surface area contributed by atoms with E-state index in [-0.39, 0.29) is 31.7 Å². The van der Waals surface area contributed by atoms with E-state index in [1.165, 1.54) is 4.90 Å². The van der Waals surface area contributed by atoms with Crippen LogP contribution in [0.15, 0.2) is 11.3 Å². The van der Waals surface area contributed by atoms with Gasteiger partial charge >= 0.3 is 21.7 Å². The normalized spacial score (nSPS) is 17.3. The highest BCUT2D eigenvalue weighted by Gasteiger charge is 2.49. The average Bonchev–Trinajstić information content (AvgIpc) is 2.35. The first-order chi connectivity index (χ1) is 10.3. The van der Waals surface area contributed by atoms with E-state index in [0.29, 0.717) is 5.57 Å². The summed E-state index contributed by atoms with van der Waals surface area (Å²) in [6, 6.07) is 0. The van der Waals surface area contributed by atoms with E-state index in [0.717, 1.165) is 0 Å². The molecular weight excluding hydrogens is 339 g/mol. The van der Waals surface area contributed by atoms with Gasteiger partial charge in [0.25, 0.3) is 0 Å². The van der Waals surface area contributed by atoms with Gasteiger partial charge < -0.3 is 13.8 Å². The molecule has 0 fully saturated rings. The van der Waals surface area contributed by atoms with E-state index in [4.69, 9.17) is 4.74 Å². The number of ether oxygens (including phenoxy) is 1. The highest BCUT2D eigenvalue weighted by molar-refractivity contribution is 7.87. The van der Waals surface area contributed by atoms with Crippen LogP contribution in [0.4, 0.5) is 18.0 Å². The molecule has 1 amide bonds. The number of hydrogen-bond acceptors (Lipinski definition) is 5. The van der Waals surface area contributed by atoms with Crippen molar-refractivity contribution < 1.29 is 35.3 Å². The standard InChI is InChI=1S/C13H20F3NO5S/c1-5-9-8-17(11(18)21-12(2,3)4)7-6-10(9)22-23(19,20)13(14,15)16/h5-8H2,1-4H3. The summed E-state index contributed by atoms with van der Waals surface area (Å²) in [6.07, 6.45) is -0.485. The zero-order valence-electron chi connectivity index (χ0n) is 13.4. The molecule has 0 atom stereocenters. The van der Waals surface area contributed by atoms with Crippen molar-refractivity contribution in [2.75, 3.05) is 13.1 Å². The Bertz CT molecular complexity index is 590. The number of nitrogens with zero attached hydrogens (tertiary/aromatic N) is 1. The molecule has 0 aliphatic carbocycles. The summed E-state index contributed by atoms with van der Waals surface area (Å²) in [5, 5.41) is 0. The highest BCUT2D eigenvalue weighted by Crippen LogP contribution is 2.31. The fourth-order valence-electron chi connectivity index (χ4n) is 1.88. The van der Waals surface area contributed by atoms with Crippen molar-refractivity contribution in [2.24, 2.45) is 0 Å².